The molecule has 0 radical (unpaired) electrons. The number of ether oxygens (including phenoxy) is 2. The molecule has 0 bridgehead atoms. The minimum atomic E-state index is -0.378. The van der Waals surface area contributed by atoms with E-state index in [1.165, 1.54) is 5.56 Å². The molecule has 1 atom stereocenters. The number of hydrogen-bond acceptors (Lipinski definition) is 3. The Bertz CT molecular complexity index is 336. The fourth-order valence-corrected chi connectivity index (χ4v) is 1.80. The first-order chi connectivity index (χ1) is 7.31. The van der Waals surface area contributed by atoms with E-state index in [1.54, 1.807) is 7.11 Å². The molecule has 15 heavy (non-hydrogen) atoms. The second-order valence-corrected chi connectivity index (χ2v) is 3.77. The van der Waals surface area contributed by atoms with E-state index in [9.17, 15) is 5.11 Å². The Labute approximate surface area is 89.6 Å². The van der Waals surface area contributed by atoms with E-state index in [0.29, 0.717) is 19.6 Å². The molecule has 3 nitrogen and oxygen atoms in total. The molecule has 82 valence electrons. The summed E-state index contributed by atoms with van der Waals surface area (Å²) in [5.41, 5.74) is 2.09. The normalized spacial score (nSPS) is 19.5. The summed E-state index contributed by atoms with van der Waals surface area (Å²) in [4.78, 5) is 0. The van der Waals surface area contributed by atoms with Crippen LogP contribution in [-0.2, 0) is 11.2 Å². The highest BCUT2D eigenvalue weighted by atomic mass is 16.5. The van der Waals surface area contributed by atoms with Gasteiger partial charge in [-0.25, -0.2) is 0 Å². The van der Waals surface area contributed by atoms with Gasteiger partial charge in [-0.1, -0.05) is 6.07 Å². The number of benzene rings is 1. The van der Waals surface area contributed by atoms with Crippen molar-refractivity contribution in [2.75, 3.05) is 20.3 Å². The quantitative estimate of drug-likeness (QED) is 0.821. The van der Waals surface area contributed by atoms with Crippen LogP contribution in [0.1, 0.15) is 23.7 Å². The number of aliphatic hydroxyl groups is 1. The molecule has 1 heterocycles. The largest absolute Gasteiger partial charge is 0.493 e. The maximum Gasteiger partial charge on any atom is 0.125 e. The average Bonchev–Trinajstić information content (AvgIpc) is 2.27. The summed E-state index contributed by atoms with van der Waals surface area (Å²) < 4.78 is 10.5. The van der Waals surface area contributed by atoms with Crippen LogP contribution in [0.15, 0.2) is 18.2 Å². The second kappa shape index (κ2) is 4.64. The van der Waals surface area contributed by atoms with Crippen molar-refractivity contribution in [2.45, 2.75) is 18.9 Å². The molecule has 0 saturated heterocycles. The molecule has 1 aromatic rings. The molecule has 0 aromatic heterocycles. The predicted molar refractivity (Wildman–Crippen MR) is 57.1 cm³/mol. The van der Waals surface area contributed by atoms with Crippen molar-refractivity contribution >= 4 is 0 Å². The van der Waals surface area contributed by atoms with Crippen molar-refractivity contribution in [3.8, 4) is 5.75 Å². The molecule has 1 aromatic carbocycles. The van der Waals surface area contributed by atoms with Gasteiger partial charge < -0.3 is 14.6 Å². The van der Waals surface area contributed by atoms with E-state index in [-0.39, 0.29) is 6.10 Å². The zero-order valence-electron chi connectivity index (χ0n) is 8.90. The minimum absolute atomic E-state index is 0.378. The highest BCUT2D eigenvalue weighted by Crippen LogP contribution is 2.32. The number of hydrogen-bond donors (Lipinski definition) is 1. The second-order valence-electron chi connectivity index (χ2n) is 3.77. The highest BCUT2D eigenvalue weighted by Gasteiger charge is 2.19. The van der Waals surface area contributed by atoms with Gasteiger partial charge in [0, 0.05) is 19.1 Å². The first-order valence-electron chi connectivity index (χ1n) is 5.24. The summed E-state index contributed by atoms with van der Waals surface area (Å²) in [5.74, 6) is 0.815. The van der Waals surface area contributed by atoms with Gasteiger partial charge >= 0.3 is 0 Å². The smallest absolute Gasteiger partial charge is 0.125 e. The van der Waals surface area contributed by atoms with Gasteiger partial charge in [-0.3, -0.25) is 0 Å². The van der Waals surface area contributed by atoms with E-state index in [2.05, 4.69) is 0 Å². The third-order valence-corrected chi connectivity index (χ3v) is 2.68. The first kappa shape index (κ1) is 10.5. The molecule has 1 aliphatic rings. The molecule has 1 aliphatic heterocycles. The molecule has 0 amide bonds. The van der Waals surface area contributed by atoms with Gasteiger partial charge in [0.25, 0.3) is 0 Å². The third kappa shape index (κ3) is 2.30. The van der Waals surface area contributed by atoms with Crippen molar-refractivity contribution in [3.05, 3.63) is 29.3 Å². The maximum absolute atomic E-state index is 9.80. The Balaban J connectivity index is 2.19. The summed E-state index contributed by atoms with van der Waals surface area (Å²) in [5, 5.41) is 9.80. The molecule has 3 heteroatoms. The zero-order valence-corrected chi connectivity index (χ0v) is 8.90. The third-order valence-electron chi connectivity index (χ3n) is 2.68. The van der Waals surface area contributed by atoms with E-state index < -0.39 is 0 Å². The minimum Gasteiger partial charge on any atom is -0.493 e. The van der Waals surface area contributed by atoms with E-state index in [4.69, 9.17) is 9.47 Å². The van der Waals surface area contributed by atoms with Gasteiger partial charge in [-0.2, -0.15) is 0 Å². The van der Waals surface area contributed by atoms with Crippen LogP contribution >= 0.6 is 0 Å². The van der Waals surface area contributed by atoms with Crippen LogP contribution in [0.5, 0.6) is 5.75 Å². The van der Waals surface area contributed by atoms with Crippen molar-refractivity contribution in [3.63, 3.8) is 0 Å². The molecule has 2 rings (SSSR count). The zero-order chi connectivity index (χ0) is 10.7. The Kier molecular flexibility index (Phi) is 3.23. The summed E-state index contributed by atoms with van der Waals surface area (Å²) in [6, 6.07) is 5.97. The van der Waals surface area contributed by atoms with E-state index >= 15 is 0 Å². The molecular formula is C12H16O3. The van der Waals surface area contributed by atoms with Crippen molar-refractivity contribution in [1.29, 1.82) is 0 Å². The van der Waals surface area contributed by atoms with Gasteiger partial charge in [-0.05, 0) is 24.1 Å². The topological polar surface area (TPSA) is 38.7 Å². The lowest BCUT2D eigenvalue weighted by atomic mass is 10.00. The summed E-state index contributed by atoms with van der Waals surface area (Å²) in [6.07, 6.45) is 1.17. The number of fused-ring (bicyclic) bond motifs is 1. The Morgan fingerprint density at radius 2 is 2.40 bits per heavy atom. The number of aliphatic hydroxyl groups excluding tert-OH is 1. The molecule has 1 N–H and O–H groups in total. The van der Waals surface area contributed by atoms with Gasteiger partial charge in [0.2, 0.25) is 0 Å². The lowest BCUT2D eigenvalue weighted by molar-refractivity contribution is 0.115. The Morgan fingerprint density at radius 1 is 1.53 bits per heavy atom. The average molecular weight is 208 g/mol. The van der Waals surface area contributed by atoms with Crippen LogP contribution in [0, 0.1) is 0 Å². The molecule has 0 aliphatic carbocycles. The van der Waals surface area contributed by atoms with E-state index in [0.717, 1.165) is 17.7 Å². The number of rotatable bonds is 3. The highest BCUT2D eigenvalue weighted by molar-refractivity contribution is 5.40. The SMILES string of the molecule is COCCc1ccc2c(c1)[C@H](O)CCO2. The van der Waals surface area contributed by atoms with Crippen molar-refractivity contribution < 1.29 is 14.6 Å². The van der Waals surface area contributed by atoms with Crippen LogP contribution in [0.25, 0.3) is 0 Å². The van der Waals surface area contributed by atoms with Crippen LogP contribution in [0.3, 0.4) is 0 Å². The van der Waals surface area contributed by atoms with Crippen LogP contribution in [0.4, 0.5) is 0 Å². The van der Waals surface area contributed by atoms with Gasteiger partial charge in [0.15, 0.2) is 0 Å². The van der Waals surface area contributed by atoms with E-state index in [1.807, 2.05) is 18.2 Å². The Hall–Kier alpha value is -1.06. The van der Waals surface area contributed by atoms with Crippen LogP contribution in [-0.4, -0.2) is 25.4 Å². The fraction of sp³-hybridized carbons (Fsp3) is 0.500. The van der Waals surface area contributed by atoms with Crippen molar-refractivity contribution in [1.82, 2.24) is 0 Å². The standard InChI is InChI=1S/C12H16O3/c1-14-6-4-9-2-3-12-10(8-9)11(13)5-7-15-12/h2-3,8,11,13H,4-7H2,1H3/t11-/m1/s1. The fourth-order valence-electron chi connectivity index (χ4n) is 1.80. The lowest BCUT2D eigenvalue weighted by Gasteiger charge is -2.22. The molecule has 0 saturated carbocycles. The van der Waals surface area contributed by atoms with Crippen molar-refractivity contribution in [2.24, 2.45) is 0 Å². The maximum atomic E-state index is 9.80. The number of methoxy groups -OCH3 is 1. The first-order valence-corrected chi connectivity index (χ1v) is 5.24. The van der Waals surface area contributed by atoms with Gasteiger partial charge in [-0.15, -0.1) is 0 Å². The summed E-state index contributed by atoms with van der Waals surface area (Å²) in [7, 11) is 1.69. The van der Waals surface area contributed by atoms with Gasteiger partial charge in [0.1, 0.15) is 5.75 Å². The lowest BCUT2D eigenvalue weighted by Crippen LogP contribution is -2.14. The van der Waals surface area contributed by atoms with Crippen LogP contribution in [0.2, 0.25) is 0 Å². The predicted octanol–water partition coefficient (Wildman–Crippen LogP) is 1.69. The monoisotopic (exact) mass is 208 g/mol. The molecule has 0 fully saturated rings. The molecule has 0 spiro atoms. The Morgan fingerprint density at radius 3 is 3.20 bits per heavy atom. The molecular weight excluding hydrogens is 192 g/mol. The van der Waals surface area contributed by atoms with Gasteiger partial charge in [0.05, 0.1) is 19.3 Å². The van der Waals surface area contributed by atoms with Crippen LogP contribution < -0.4 is 4.74 Å². The molecule has 0 unspecified atom stereocenters. The summed E-state index contributed by atoms with van der Waals surface area (Å²) in [6.45, 7) is 1.31. The summed E-state index contributed by atoms with van der Waals surface area (Å²) >= 11 is 0.